The molecule has 1 aliphatic carbocycles. The van der Waals surface area contributed by atoms with Crippen molar-refractivity contribution in [3.63, 3.8) is 0 Å². The Morgan fingerprint density at radius 1 is 0.952 bits per heavy atom. The van der Waals surface area contributed by atoms with E-state index in [1.165, 1.54) is 24.3 Å². The van der Waals surface area contributed by atoms with Crippen LogP contribution >= 0.6 is 0 Å². The van der Waals surface area contributed by atoms with Gasteiger partial charge in [0.05, 0.1) is 18.3 Å². The third-order valence-electron chi connectivity index (χ3n) is 7.75. The summed E-state index contributed by atoms with van der Waals surface area (Å²) in [5.41, 5.74) is 0.819. The number of carbonyl (C=O) groups is 1. The average molecular weight is 585 g/mol. The van der Waals surface area contributed by atoms with Crippen molar-refractivity contribution in [3.8, 4) is 16.9 Å². The van der Waals surface area contributed by atoms with Gasteiger partial charge in [-0.25, -0.2) is 18.0 Å². The third-order valence-corrected chi connectivity index (χ3v) is 7.75. The van der Waals surface area contributed by atoms with E-state index in [1.807, 2.05) is 6.92 Å². The molecule has 42 heavy (non-hydrogen) atoms. The Morgan fingerprint density at radius 2 is 1.67 bits per heavy atom. The molecule has 1 fully saturated rings. The van der Waals surface area contributed by atoms with Crippen molar-refractivity contribution < 1.29 is 36.9 Å². The summed E-state index contributed by atoms with van der Waals surface area (Å²) in [6.45, 7) is 5.82. The van der Waals surface area contributed by atoms with Gasteiger partial charge < -0.3 is 14.6 Å². The largest absolute Gasteiger partial charge is 0.490 e. The molecule has 1 atom stereocenters. The maximum absolute atomic E-state index is 15.0. The highest BCUT2D eigenvalue weighted by atomic mass is 19.2. The Balaban J connectivity index is 1.36. The second-order valence-corrected chi connectivity index (χ2v) is 10.7. The summed E-state index contributed by atoms with van der Waals surface area (Å²) in [6, 6.07) is 12.0. The number of aliphatic hydroxyl groups is 1. The van der Waals surface area contributed by atoms with Crippen LogP contribution in [-0.2, 0) is 4.74 Å². The number of allylic oxidation sites excluding steroid dienone is 1. The van der Waals surface area contributed by atoms with Gasteiger partial charge in [-0.2, -0.15) is 4.39 Å². The summed E-state index contributed by atoms with van der Waals surface area (Å²) in [5, 5.41) is 10.1. The van der Waals surface area contributed by atoms with Crippen molar-refractivity contribution in [2.75, 3.05) is 6.61 Å². The number of esters is 1. The number of unbranched alkanes of at least 4 members (excludes halogenated alkanes) is 1. The van der Waals surface area contributed by atoms with E-state index in [0.717, 1.165) is 6.42 Å². The van der Waals surface area contributed by atoms with Crippen LogP contribution in [-0.4, -0.2) is 23.8 Å². The van der Waals surface area contributed by atoms with Crippen molar-refractivity contribution in [1.82, 2.24) is 0 Å². The standard InChI is InChI=1S/C34H36F4O4/c1-3-5-6-20-41-29-19-18-26(31(36)33(29)38)22-12-14-24(15-13-22)42-34(40)27-17-16-25(30(35)32(27)37)21-8-10-23(11-9-21)28(39)7-4-2/h3,8-11,16-19,22,24,28,39H,1,4-7,12-15,20H2,2H3. The maximum atomic E-state index is 15.0. The smallest absolute Gasteiger partial charge is 0.341 e. The zero-order valence-corrected chi connectivity index (χ0v) is 23.7. The lowest BCUT2D eigenvalue weighted by Crippen LogP contribution is -2.25. The fraction of sp³-hybridized carbons (Fsp3) is 0.382. The Kier molecular flexibility index (Phi) is 10.8. The van der Waals surface area contributed by atoms with E-state index in [9.17, 15) is 27.5 Å². The molecule has 224 valence electrons. The molecule has 0 amide bonds. The topological polar surface area (TPSA) is 55.8 Å². The van der Waals surface area contributed by atoms with Gasteiger partial charge in [-0.1, -0.05) is 55.8 Å². The highest BCUT2D eigenvalue weighted by molar-refractivity contribution is 5.90. The molecule has 0 aromatic heterocycles. The van der Waals surface area contributed by atoms with Crippen LogP contribution in [0.3, 0.4) is 0 Å². The molecule has 1 aliphatic rings. The van der Waals surface area contributed by atoms with Crippen molar-refractivity contribution in [1.29, 1.82) is 0 Å². The minimum atomic E-state index is -1.30. The SMILES string of the molecule is C=CCCCOc1ccc(C2CCC(OC(=O)c3ccc(-c4ccc(C(O)CCC)cc4)c(F)c3F)CC2)c(F)c1F. The molecule has 1 unspecified atom stereocenters. The monoisotopic (exact) mass is 584 g/mol. The maximum Gasteiger partial charge on any atom is 0.341 e. The predicted molar refractivity (Wildman–Crippen MR) is 153 cm³/mol. The fourth-order valence-electron chi connectivity index (χ4n) is 5.34. The number of benzene rings is 3. The van der Waals surface area contributed by atoms with Crippen LogP contribution in [0.15, 0.2) is 61.2 Å². The first-order valence-corrected chi connectivity index (χ1v) is 14.4. The zero-order chi connectivity index (χ0) is 30.2. The number of hydrogen-bond donors (Lipinski definition) is 1. The van der Waals surface area contributed by atoms with Gasteiger partial charge in [0.25, 0.3) is 0 Å². The van der Waals surface area contributed by atoms with E-state index in [0.29, 0.717) is 56.1 Å². The Bertz CT molecular complexity index is 1380. The lowest BCUT2D eigenvalue weighted by Gasteiger charge is -2.29. The summed E-state index contributed by atoms with van der Waals surface area (Å²) >= 11 is 0. The van der Waals surface area contributed by atoms with Crippen LogP contribution in [0.2, 0.25) is 0 Å². The summed E-state index contributed by atoms with van der Waals surface area (Å²) in [6.07, 6.45) is 4.91. The van der Waals surface area contributed by atoms with E-state index < -0.39 is 47.0 Å². The van der Waals surface area contributed by atoms with Crippen molar-refractivity contribution >= 4 is 5.97 Å². The first-order valence-electron chi connectivity index (χ1n) is 14.4. The van der Waals surface area contributed by atoms with Crippen molar-refractivity contribution in [3.05, 3.63) is 101 Å². The van der Waals surface area contributed by atoms with Gasteiger partial charge in [-0.3, -0.25) is 0 Å². The number of hydrogen-bond acceptors (Lipinski definition) is 4. The van der Waals surface area contributed by atoms with Gasteiger partial charge in [0.2, 0.25) is 5.82 Å². The van der Waals surface area contributed by atoms with E-state index in [1.54, 1.807) is 30.3 Å². The first-order chi connectivity index (χ1) is 20.2. The molecule has 0 spiro atoms. The lowest BCUT2D eigenvalue weighted by atomic mass is 9.82. The summed E-state index contributed by atoms with van der Waals surface area (Å²) in [5.74, 6) is -5.81. The van der Waals surface area contributed by atoms with Crippen molar-refractivity contribution in [2.24, 2.45) is 0 Å². The first kappa shape index (κ1) is 31.3. The molecule has 0 radical (unpaired) electrons. The molecule has 8 heteroatoms. The Hall–Kier alpha value is -3.65. The highest BCUT2D eigenvalue weighted by Crippen LogP contribution is 2.38. The van der Waals surface area contributed by atoms with Crippen LogP contribution in [0.4, 0.5) is 17.6 Å². The minimum Gasteiger partial charge on any atom is -0.490 e. The van der Waals surface area contributed by atoms with E-state index in [4.69, 9.17) is 9.47 Å². The molecule has 1 saturated carbocycles. The zero-order valence-electron chi connectivity index (χ0n) is 23.7. The van der Waals surface area contributed by atoms with Crippen molar-refractivity contribution in [2.45, 2.75) is 76.4 Å². The predicted octanol–water partition coefficient (Wildman–Crippen LogP) is 8.97. The molecule has 0 aliphatic heterocycles. The van der Waals surface area contributed by atoms with Crippen LogP contribution < -0.4 is 4.74 Å². The molecule has 4 rings (SSSR count). The van der Waals surface area contributed by atoms with Crippen LogP contribution in [0, 0.1) is 23.3 Å². The van der Waals surface area contributed by atoms with Crippen LogP contribution in [0.25, 0.3) is 11.1 Å². The van der Waals surface area contributed by atoms with Gasteiger partial charge in [-0.15, -0.1) is 6.58 Å². The summed E-state index contributed by atoms with van der Waals surface area (Å²) < 4.78 is 70.2. The Morgan fingerprint density at radius 3 is 2.33 bits per heavy atom. The van der Waals surface area contributed by atoms with Gasteiger partial charge >= 0.3 is 5.97 Å². The molecular formula is C34H36F4O4. The number of rotatable bonds is 12. The van der Waals surface area contributed by atoms with Gasteiger partial charge in [0.15, 0.2) is 23.2 Å². The molecule has 3 aromatic rings. The highest BCUT2D eigenvalue weighted by Gasteiger charge is 2.30. The molecule has 0 bridgehead atoms. The normalized spacial score (nSPS) is 17.5. The van der Waals surface area contributed by atoms with Gasteiger partial charge in [0, 0.05) is 5.56 Å². The molecule has 0 saturated heterocycles. The Labute approximate surface area is 244 Å². The molecule has 4 nitrogen and oxygen atoms in total. The fourth-order valence-corrected chi connectivity index (χ4v) is 5.34. The quantitative estimate of drug-likeness (QED) is 0.0999. The van der Waals surface area contributed by atoms with Gasteiger partial charge in [-0.05, 0) is 79.7 Å². The molecular weight excluding hydrogens is 548 g/mol. The lowest BCUT2D eigenvalue weighted by molar-refractivity contribution is 0.0188. The van der Waals surface area contributed by atoms with Gasteiger partial charge in [0.1, 0.15) is 6.10 Å². The van der Waals surface area contributed by atoms with E-state index in [2.05, 4.69) is 6.58 Å². The number of halogens is 4. The average Bonchev–Trinajstić information content (AvgIpc) is 2.99. The molecule has 3 aromatic carbocycles. The number of aliphatic hydroxyl groups excluding tert-OH is 1. The molecule has 1 N–H and O–H groups in total. The van der Waals surface area contributed by atoms with Crippen LogP contribution in [0.5, 0.6) is 5.75 Å². The van der Waals surface area contributed by atoms with Crippen LogP contribution in [0.1, 0.15) is 91.8 Å². The minimum absolute atomic E-state index is 0.0106. The molecule has 0 heterocycles. The van der Waals surface area contributed by atoms with E-state index >= 15 is 0 Å². The second-order valence-electron chi connectivity index (χ2n) is 10.7. The third kappa shape index (κ3) is 7.21. The number of carbonyl (C=O) groups excluding carboxylic acids is 1. The second kappa shape index (κ2) is 14.5. The summed E-state index contributed by atoms with van der Waals surface area (Å²) in [7, 11) is 0. The van der Waals surface area contributed by atoms with E-state index in [-0.39, 0.29) is 29.4 Å². The number of ether oxygens (including phenoxy) is 2. The summed E-state index contributed by atoms with van der Waals surface area (Å²) in [4.78, 5) is 12.7.